The van der Waals surface area contributed by atoms with E-state index in [1.807, 2.05) is 6.26 Å². The lowest BCUT2D eigenvalue weighted by molar-refractivity contribution is 0.239. The van der Waals surface area contributed by atoms with Crippen LogP contribution in [0.5, 0.6) is 0 Å². The highest BCUT2D eigenvalue weighted by atomic mass is 16.5. The first kappa shape index (κ1) is 29.3. The van der Waals surface area contributed by atoms with Crippen molar-refractivity contribution in [3.63, 3.8) is 0 Å². The van der Waals surface area contributed by atoms with Crippen molar-refractivity contribution in [1.82, 2.24) is 0 Å². The minimum atomic E-state index is 0.898. The Balaban J connectivity index is 3.11. The largest absolute Gasteiger partial charge is 0.502 e. The van der Waals surface area contributed by atoms with Gasteiger partial charge in [-0.15, -0.1) is 0 Å². The molecule has 0 fully saturated rings. The van der Waals surface area contributed by atoms with Gasteiger partial charge >= 0.3 is 0 Å². The second-order valence-corrected chi connectivity index (χ2v) is 9.09. The molecule has 0 unspecified atom stereocenters. The zero-order chi connectivity index (χ0) is 21.8. The normalized spacial score (nSPS) is 11.8. The third-order valence-corrected chi connectivity index (χ3v) is 5.94. The van der Waals surface area contributed by atoms with Gasteiger partial charge in [0.1, 0.15) is 0 Å². The van der Waals surface area contributed by atoms with E-state index in [2.05, 4.69) is 32.1 Å². The van der Waals surface area contributed by atoms with Crippen molar-refractivity contribution in [2.45, 2.75) is 155 Å². The average Bonchev–Trinajstić information content (AvgIpc) is 2.76. The second kappa shape index (κ2) is 28.3. The highest BCUT2D eigenvalue weighted by Crippen LogP contribution is 2.11. The van der Waals surface area contributed by atoms with E-state index in [4.69, 9.17) is 4.74 Å². The van der Waals surface area contributed by atoms with Gasteiger partial charge < -0.3 is 4.74 Å². The fraction of sp³-hybridized carbons (Fsp3) is 0.862. The Morgan fingerprint density at radius 1 is 0.400 bits per heavy atom. The molecule has 1 nitrogen and oxygen atoms in total. The van der Waals surface area contributed by atoms with Crippen LogP contribution >= 0.6 is 0 Å². The average molecular weight is 421 g/mol. The van der Waals surface area contributed by atoms with E-state index in [9.17, 15) is 0 Å². The van der Waals surface area contributed by atoms with Crippen molar-refractivity contribution in [2.75, 3.05) is 6.61 Å². The van der Waals surface area contributed by atoms with Crippen LogP contribution in [0.15, 0.2) is 24.5 Å². The van der Waals surface area contributed by atoms with Gasteiger partial charge in [0.25, 0.3) is 0 Å². The van der Waals surface area contributed by atoms with Crippen molar-refractivity contribution in [3.05, 3.63) is 24.5 Å². The molecule has 0 amide bonds. The summed E-state index contributed by atoms with van der Waals surface area (Å²) < 4.78 is 5.62. The molecule has 0 aromatic carbocycles. The number of hydrogen-bond acceptors (Lipinski definition) is 1. The molecule has 0 aliphatic carbocycles. The summed E-state index contributed by atoms with van der Waals surface area (Å²) in [5.41, 5.74) is 0. The number of hydrogen-bond donors (Lipinski definition) is 0. The fourth-order valence-corrected chi connectivity index (χ4v) is 3.86. The molecule has 0 aromatic heterocycles. The molecule has 0 atom stereocenters. The maximum absolute atomic E-state index is 5.62. The molecule has 0 radical (unpaired) electrons. The van der Waals surface area contributed by atoms with Crippen LogP contribution in [0.25, 0.3) is 0 Å². The van der Waals surface area contributed by atoms with E-state index in [0.29, 0.717) is 0 Å². The molecule has 178 valence electrons. The maximum Gasteiger partial charge on any atom is 0.0873 e. The highest BCUT2D eigenvalue weighted by molar-refractivity contribution is 4.81. The molecule has 0 rings (SSSR count). The lowest BCUT2D eigenvalue weighted by Gasteiger charge is -2.02. The minimum absolute atomic E-state index is 0.898. The van der Waals surface area contributed by atoms with Crippen LogP contribution in [-0.2, 0) is 4.74 Å². The molecule has 1 heteroatoms. The molecule has 0 aromatic rings. The summed E-state index contributed by atoms with van der Waals surface area (Å²) >= 11 is 0. The molecule has 0 N–H and O–H groups in total. The summed E-state index contributed by atoms with van der Waals surface area (Å²) in [4.78, 5) is 0. The summed E-state index contributed by atoms with van der Waals surface area (Å²) in [6.07, 6.45) is 38.9. The molecule has 0 heterocycles. The van der Waals surface area contributed by atoms with E-state index in [0.717, 1.165) is 6.61 Å². The van der Waals surface area contributed by atoms with Gasteiger partial charge in [0.2, 0.25) is 0 Å². The summed E-state index contributed by atoms with van der Waals surface area (Å²) in [7, 11) is 0. The van der Waals surface area contributed by atoms with Gasteiger partial charge in [0.05, 0.1) is 12.9 Å². The lowest BCUT2D eigenvalue weighted by Crippen LogP contribution is -1.88. The molecule has 0 aliphatic heterocycles. The standard InChI is InChI=1S/C29H56O/c1-3-5-7-9-11-13-14-15-16-17-18-19-21-23-25-27-29-30-28-26-24-22-20-12-10-8-6-4-2/h15-16,26,28H,3-14,17-25,27,29H2,1-2H3. The maximum atomic E-state index is 5.62. The number of unbranched alkanes of at least 4 members (excludes halogenated alkanes) is 19. The van der Waals surface area contributed by atoms with Crippen molar-refractivity contribution < 1.29 is 4.74 Å². The van der Waals surface area contributed by atoms with Crippen LogP contribution in [0, 0.1) is 0 Å². The third kappa shape index (κ3) is 27.3. The van der Waals surface area contributed by atoms with Gasteiger partial charge in [-0.2, -0.15) is 0 Å². The van der Waals surface area contributed by atoms with Gasteiger partial charge in [-0.25, -0.2) is 0 Å². The quantitative estimate of drug-likeness (QED) is 0.0810. The molecule has 30 heavy (non-hydrogen) atoms. The number of ether oxygens (including phenoxy) is 1. The van der Waals surface area contributed by atoms with E-state index in [1.54, 1.807) is 0 Å². The van der Waals surface area contributed by atoms with E-state index < -0.39 is 0 Å². The van der Waals surface area contributed by atoms with Crippen LogP contribution in [0.1, 0.15) is 155 Å². The van der Waals surface area contributed by atoms with E-state index >= 15 is 0 Å². The van der Waals surface area contributed by atoms with Crippen LogP contribution in [0.4, 0.5) is 0 Å². The Kier molecular flexibility index (Phi) is 27.6. The van der Waals surface area contributed by atoms with Crippen LogP contribution < -0.4 is 0 Å². The number of rotatable bonds is 25. The summed E-state index contributed by atoms with van der Waals surface area (Å²) in [5.74, 6) is 0. The van der Waals surface area contributed by atoms with Crippen molar-refractivity contribution in [2.24, 2.45) is 0 Å². The zero-order valence-electron chi connectivity index (χ0n) is 21.0. The Morgan fingerprint density at radius 3 is 1.23 bits per heavy atom. The minimum Gasteiger partial charge on any atom is -0.502 e. The summed E-state index contributed by atoms with van der Waals surface area (Å²) in [6.45, 7) is 5.46. The SMILES string of the molecule is CCCCCCCCC=CCCCCCCCCOC=CCCCCCCCCC. The van der Waals surface area contributed by atoms with Gasteiger partial charge in [0.15, 0.2) is 0 Å². The van der Waals surface area contributed by atoms with Crippen LogP contribution in [0.3, 0.4) is 0 Å². The molecule has 0 saturated carbocycles. The third-order valence-electron chi connectivity index (χ3n) is 5.94. The molecule has 0 spiro atoms. The smallest absolute Gasteiger partial charge is 0.0873 e. The van der Waals surface area contributed by atoms with Gasteiger partial charge in [-0.05, 0) is 51.0 Å². The van der Waals surface area contributed by atoms with E-state index in [-0.39, 0.29) is 0 Å². The molecular formula is C29H56O. The Labute approximate surface area is 191 Å². The first-order chi connectivity index (χ1) is 14.9. The van der Waals surface area contributed by atoms with Crippen LogP contribution in [-0.4, -0.2) is 6.61 Å². The van der Waals surface area contributed by atoms with Crippen molar-refractivity contribution >= 4 is 0 Å². The number of allylic oxidation sites excluding steroid dienone is 3. The van der Waals surface area contributed by atoms with Gasteiger partial charge in [0, 0.05) is 0 Å². The molecule has 0 bridgehead atoms. The Bertz CT molecular complexity index is 344. The zero-order valence-corrected chi connectivity index (χ0v) is 21.0. The summed E-state index contributed by atoms with van der Waals surface area (Å²) in [5, 5.41) is 0. The summed E-state index contributed by atoms with van der Waals surface area (Å²) in [6, 6.07) is 0. The Hall–Kier alpha value is -0.720. The second-order valence-electron chi connectivity index (χ2n) is 9.09. The molecular weight excluding hydrogens is 364 g/mol. The molecule has 0 saturated heterocycles. The first-order valence-corrected chi connectivity index (χ1v) is 13.8. The highest BCUT2D eigenvalue weighted by Gasteiger charge is 1.92. The fourth-order valence-electron chi connectivity index (χ4n) is 3.86. The van der Waals surface area contributed by atoms with Gasteiger partial charge in [-0.1, -0.05) is 122 Å². The van der Waals surface area contributed by atoms with Crippen LogP contribution in [0.2, 0.25) is 0 Å². The topological polar surface area (TPSA) is 9.23 Å². The monoisotopic (exact) mass is 420 g/mol. The predicted octanol–water partition coefficient (Wildman–Crippen LogP) is 10.7. The molecule has 0 aliphatic rings. The van der Waals surface area contributed by atoms with Crippen molar-refractivity contribution in [1.29, 1.82) is 0 Å². The van der Waals surface area contributed by atoms with Crippen molar-refractivity contribution in [3.8, 4) is 0 Å². The Morgan fingerprint density at radius 2 is 0.767 bits per heavy atom. The predicted molar refractivity (Wildman–Crippen MR) is 137 cm³/mol. The van der Waals surface area contributed by atoms with E-state index in [1.165, 1.54) is 141 Å². The first-order valence-electron chi connectivity index (χ1n) is 13.8. The van der Waals surface area contributed by atoms with Gasteiger partial charge in [-0.3, -0.25) is 0 Å². The lowest BCUT2D eigenvalue weighted by atomic mass is 10.1.